The second-order valence-electron chi connectivity index (χ2n) is 6.65. The minimum absolute atomic E-state index is 0.0469. The summed E-state index contributed by atoms with van der Waals surface area (Å²) in [6, 6.07) is 12.8. The van der Waals surface area contributed by atoms with Crippen molar-refractivity contribution in [2.24, 2.45) is 0 Å². The normalized spacial score (nSPS) is 16.2. The molecule has 1 aliphatic heterocycles. The molecule has 2 aromatic rings. The van der Waals surface area contributed by atoms with Crippen molar-refractivity contribution in [2.45, 2.75) is 39.7 Å². The Hall–Kier alpha value is -2.54. The molecular formula is C21H26N2O4S. The van der Waals surface area contributed by atoms with Gasteiger partial charge in [0.1, 0.15) is 5.75 Å². The number of hydrogen-bond acceptors (Lipinski definition) is 4. The van der Waals surface area contributed by atoms with Gasteiger partial charge in [0.15, 0.2) is 6.10 Å². The predicted molar refractivity (Wildman–Crippen MR) is 111 cm³/mol. The highest BCUT2D eigenvalue weighted by Gasteiger charge is 2.36. The molecule has 0 bridgehead atoms. The van der Waals surface area contributed by atoms with Gasteiger partial charge >= 0.3 is 0 Å². The fourth-order valence-corrected chi connectivity index (χ4v) is 4.49. The van der Waals surface area contributed by atoms with E-state index in [0.717, 1.165) is 29.7 Å². The molecule has 1 aliphatic rings. The molecule has 28 heavy (non-hydrogen) atoms. The molecule has 0 aliphatic carbocycles. The number of benzene rings is 2. The summed E-state index contributed by atoms with van der Waals surface area (Å²) in [6.07, 6.45) is 0.647. The Morgan fingerprint density at radius 2 is 1.71 bits per heavy atom. The Morgan fingerprint density at radius 3 is 2.32 bits per heavy atom. The number of fused-ring (bicyclic) bond motifs is 1. The highest BCUT2D eigenvalue weighted by molar-refractivity contribution is 7.92. The third-order valence-corrected chi connectivity index (χ3v) is 6.72. The van der Waals surface area contributed by atoms with Crippen molar-refractivity contribution in [3.8, 4) is 5.75 Å². The summed E-state index contributed by atoms with van der Waals surface area (Å²) in [6.45, 7) is 5.61. The first-order valence-electron chi connectivity index (χ1n) is 9.59. The van der Waals surface area contributed by atoms with Crippen LogP contribution in [0.4, 0.5) is 11.4 Å². The fraction of sp³-hybridized carbons (Fsp3) is 0.381. The Labute approximate surface area is 166 Å². The van der Waals surface area contributed by atoms with Crippen LogP contribution in [0.25, 0.3) is 0 Å². The molecule has 0 saturated carbocycles. The Bertz CT molecular complexity index is 950. The molecule has 0 fully saturated rings. The standard InChI is InChI=1S/C21H26N2O4S/c1-4-15-10-9-11-16(5-2)20(15)22-21(24)19-14-23(28(25,26)6-3)17-12-7-8-13-18(17)27-19/h7-13,19H,4-6,14H2,1-3H3,(H,22,24)/t19-/m0/s1. The van der Waals surface area contributed by atoms with Crippen molar-refractivity contribution in [1.29, 1.82) is 0 Å². The first-order chi connectivity index (χ1) is 13.4. The summed E-state index contributed by atoms with van der Waals surface area (Å²) in [4.78, 5) is 13.0. The van der Waals surface area contributed by atoms with Crippen molar-refractivity contribution < 1.29 is 17.9 Å². The lowest BCUT2D eigenvalue weighted by Crippen LogP contribution is -2.49. The van der Waals surface area contributed by atoms with Gasteiger partial charge in [0.2, 0.25) is 10.0 Å². The van der Waals surface area contributed by atoms with E-state index in [1.165, 1.54) is 4.31 Å². The number of carbonyl (C=O) groups is 1. The van der Waals surface area contributed by atoms with Crippen LogP contribution in [0.2, 0.25) is 0 Å². The van der Waals surface area contributed by atoms with Crippen molar-refractivity contribution >= 4 is 27.3 Å². The highest BCUT2D eigenvalue weighted by atomic mass is 32.2. The molecule has 1 N–H and O–H groups in total. The lowest BCUT2D eigenvalue weighted by atomic mass is 10.0. The Morgan fingerprint density at radius 1 is 1.07 bits per heavy atom. The second-order valence-corrected chi connectivity index (χ2v) is 8.84. The average Bonchev–Trinajstić information content (AvgIpc) is 2.72. The lowest BCUT2D eigenvalue weighted by molar-refractivity contribution is -0.122. The highest BCUT2D eigenvalue weighted by Crippen LogP contribution is 2.35. The number of nitrogens with one attached hydrogen (secondary N) is 1. The number of ether oxygens (including phenoxy) is 1. The van der Waals surface area contributed by atoms with E-state index >= 15 is 0 Å². The van der Waals surface area contributed by atoms with E-state index in [1.807, 2.05) is 32.0 Å². The minimum Gasteiger partial charge on any atom is -0.476 e. The Kier molecular flexibility index (Phi) is 5.93. The van der Waals surface area contributed by atoms with Crippen molar-refractivity contribution in [1.82, 2.24) is 0 Å². The number of nitrogens with zero attached hydrogens (tertiary/aromatic N) is 1. The summed E-state index contributed by atoms with van der Waals surface area (Å²) < 4.78 is 32.3. The van der Waals surface area contributed by atoms with Gasteiger partial charge < -0.3 is 10.1 Å². The van der Waals surface area contributed by atoms with Crippen molar-refractivity contribution in [3.63, 3.8) is 0 Å². The number of carbonyl (C=O) groups excluding carboxylic acids is 1. The number of anilines is 2. The van der Waals surface area contributed by atoms with Crippen LogP contribution < -0.4 is 14.4 Å². The third-order valence-electron chi connectivity index (χ3n) is 4.97. The van der Waals surface area contributed by atoms with E-state index < -0.39 is 16.1 Å². The molecule has 0 unspecified atom stereocenters. The van der Waals surface area contributed by atoms with Crippen LogP contribution in [0.15, 0.2) is 42.5 Å². The lowest BCUT2D eigenvalue weighted by Gasteiger charge is -2.34. The molecule has 3 rings (SSSR count). The fourth-order valence-electron chi connectivity index (χ4n) is 3.36. The molecule has 2 aromatic carbocycles. The first-order valence-corrected chi connectivity index (χ1v) is 11.2. The van der Waals surface area contributed by atoms with Gasteiger partial charge in [-0.3, -0.25) is 9.10 Å². The summed E-state index contributed by atoms with van der Waals surface area (Å²) in [5.74, 6) is 0.000687. The number of para-hydroxylation sites is 3. The first kappa shape index (κ1) is 20.2. The van der Waals surface area contributed by atoms with E-state index in [1.54, 1.807) is 31.2 Å². The van der Waals surface area contributed by atoms with Gasteiger partial charge in [-0.15, -0.1) is 0 Å². The number of rotatable bonds is 6. The predicted octanol–water partition coefficient (Wildman–Crippen LogP) is 3.37. The van der Waals surface area contributed by atoms with Crippen LogP contribution >= 0.6 is 0 Å². The summed E-state index contributed by atoms with van der Waals surface area (Å²) in [5, 5.41) is 2.99. The molecule has 0 saturated heterocycles. The van der Waals surface area contributed by atoms with E-state index in [4.69, 9.17) is 4.74 Å². The molecule has 0 spiro atoms. The van der Waals surface area contributed by atoms with E-state index in [0.29, 0.717) is 11.4 Å². The van der Waals surface area contributed by atoms with Gasteiger partial charge in [-0.05, 0) is 43.0 Å². The molecule has 0 aromatic heterocycles. The zero-order valence-electron chi connectivity index (χ0n) is 16.4. The molecule has 0 radical (unpaired) electrons. The maximum absolute atomic E-state index is 13.0. The van der Waals surface area contributed by atoms with Crippen LogP contribution in [-0.4, -0.2) is 32.7 Å². The molecule has 1 heterocycles. The molecular weight excluding hydrogens is 376 g/mol. The molecule has 6 nitrogen and oxygen atoms in total. The topological polar surface area (TPSA) is 75.7 Å². The molecule has 1 amide bonds. The van der Waals surface area contributed by atoms with E-state index in [-0.39, 0.29) is 18.2 Å². The number of hydrogen-bond donors (Lipinski definition) is 1. The van der Waals surface area contributed by atoms with Gasteiger partial charge in [-0.1, -0.05) is 44.2 Å². The number of amides is 1. The number of aryl methyl sites for hydroxylation is 2. The molecule has 1 atom stereocenters. The van der Waals surface area contributed by atoms with Crippen molar-refractivity contribution in [3.05, 3.63) is 53.6 Å². The van der Waals surface area contributed by atoms with Gasteiger partial charge in [-0.2, -0.15) is 0 Å². The van der Waals surface area contributed by atoms with Crippen LogP contribution in [0, 0.1) is 0 Å². The summed E-state index contributed by atoms with van der Waals surface area (Å²) >= 11 is 0. The molecule has 150 valence electrons. The maximum Gasteiger partial charge on any atom is 0.267 e. The zero-order valence-corrected chi connectivity index (χ0v) is 17.3. The van der Waals surface area contributed by atoms with Gasteiger partial charge in [-0.25, -0.2) is 8.42 Å². The van der Waals surface area contributed by atoms with Gasteiger partial charge in [0, 0.05) is 5.69 Å². The summed E-state index contributed by atoms with van der Waals surface area (Å²) in [7, 11) is -3.53. The average molecular weight is 403 g/mol. The van der Waals surface area contributed by atoms with Crippen LogP contribution in [0.5, 0.6) is 5.75 Å². The largest absolute Gasteiger partial charge is 0.476 e. The second kappa shape index (κ2) is 8.22. The van der Waals surface area contributed by atoms with Crippen LogP contribution in [0.1, 0.15) is 31.9 Å². The summed E-state index contributed by atoms with van der Waals surface area (Å²) in [5.41, 5.74) is 3.35. The van der Waals surface area contributed by atoms with Crippen molar-refractivity contribution in [2.75, 3.05) is 21.9 Å². The quantitative estimate of drug-likeness (QED) is 0.804. The van der Waals surface area contributed by atoms with E-state index in [2.05, 4.69) is 5.32 Å². The minimum atomic E-state index is -3.53. The molecule has 7 heteroatoms. The monoisotopic (exact) mass is 402 g/mol. The number of sulfonamides is 1. The van der Waals surface area contributed by atoms with E-state index in [9.17, 15) is 13.2 Å². The SMILES string of the molecule is CCc1cccc(CC)c1NC(=O)[C@@H]1CN(S(=O)(=O)CC)c2ccccc2O1. The smallest absolute Gasteiger partial charge is 0.267 e. The Balaban J connectivity index is 1.92. The van der Waals surface area contributed by atoms with Gasteiger partial charge in [0.25, 0.3) is 5.91 Å². The van der Waals surface area contributed by atoms with Crippen LogP contribution in [-0.2, 0) is 27.7 Å². The van der Waals surface area contributed by atoms with Crippen LogP contribution in [0.3, 0.4) is 0 Å². The van der Waals surface area contributed by atoms with Gasteiger partial charge in [0.05, 0.1) is 18.0 Å². The maximum atomic E-state index is 13.0. The third kappa shape index (κ3) is 3.85. The zero-order chi connectivity index (χ0) is 20.3.